The van der Waals surface area contributed by atoms with Crippen molar-refractivity contribution in [2.24, 2.45) is 22.2 Å². The Morgan fingerprint density at radius 1 is 1.33 bits per heavy atom. The highest BCUT2D eigenvalue weighted by Crippen LogP contribution is 2.66. The minimum atomic E-state index is -0.340. The molecule has 0 saturated heterocycles. The molecule has 2 bridgehead atoms. The number of esters is 1. The van der Waals surface area contributed by atoms with E-state index in [4.69, 9.17) is 4.74 Å². The van der Waals surface area contributed by atoms with Gasteiger partial charge in [0.25, 0.3) is 0 Å². The van der Waals surface area contributed by atoms with Crippen LogP contribution in [0.2, 0.25) is 0 Å². The maximum absolute atomic E-state index is 12.2. The van der Waals surface area contributed by atoms with E-state index in [0.29, 0.717) is 16.7 Å². The first-order valence-electron chi connectivity index (χ1n) is 7.35. The van der Waals surface area contributed by atoms with E-state index in [1.54, 1.807) is 0 Å². The summed E-state index contributed by atoms with van der Waals surface area (Å²) in [5, 5.41) is 0. The molecule has 0 radical (unpaired) electrons. The van der Waals surface area contributed by atoms with Crippen LogP contribution in [-0.2, 0) is 9.53 Å². The second kappa shape index (κ2) is 3.98. The lowest BCUT2D eigenvalue weighted by Crippen LogP contribution is -2.33. The lowest BCUT2D eigenvalue weighted by Gasteiger charge is -2.33. The number of hydrogen-bond donors (Lipinski definition) is 0. The third-order valence-electron chi connectivity index (χ3n) is 6.29. The summed E-state index contributed by atoms with van der Waals surface area (Å²) < 4.78 is 5.86. The van der Waals surface area contributed by atoms with Crippen LogP contribution < -0.4 is 0 Å². The summed E-state index contributed by atoms with van der Waals surface area (Å²) in [6.45, 7) is 13.1. The van der Waals surface area contributed by atoms with Gasteiger partial charge in [0.15, 0.2) is 0 Å². The molecule has 0 aliphatic heterocycles. The van der Waals surface area contributed by atoms with E-state index in [-0.39, 0.29) is 17.5 Å². The van der Waals surface area contributed by atoms with E-state index in [1.165, 1.54) is 12.8 Å². The molecular weight excluding hydrogens is 224 g/mol. The molecule has 2 unspecified atom stereocenters. The summed E-state index contributed by atoms with van der Waals surface area (Å²) in [6, 6.07) is 0. The fourth-order valence-electron chi connectivity index (χ4n) is 3.77. The molecule has 104 valence electrons. The van der Waals surface area contributed by atoms with Gasteiger partial charge >= 0.3 is 5.97 Å². The summed E-state index contributed by atoms with van der Waals surface area (Å²) in [4.78, 5) is 12.2. The SMILES string of the molecule is CCC(C)(C)C(=O)OC1C[C@]2(C)CCC1C2(C)C. The van der Waals surface area contributed by atoms with Crippen molar-refractivity contribution < 1.29 is 9.53 Å². The molecule has 0 N–H and O–H groups in total. The molecule has 2 heteroatoms. The second-order valence-electron chi connectivity index (χ2n) is 7.81. The summed E-state index contributed by atoms with van der Waals surface area (Å²) >= 11 is 0. The van der Waals surface area contributed by atoms with Gasteiger partial charge in [-0.05, 0) is 50.4 Å². The van der Waals surface area contributed by atoms with Crippen LogP contribution in [0, 0.1) is 22.2 Å². The molecule has 3 atom stereocenters. The zero-order valence-electron chi connectivity index (χ0n) is 12.8. The molecule has 2 fully saturated rings. The Morgan fingerprint density at radius 2 is 1.94 bits per heavy atom. The van der Waals surface area contributed by atoms with Gasteiger partial charge in [0, 0.05) is 5.92 Å². The van der Waals surface area contributed by atoms with Gasteiger partial charge in [0.2, 0.25) is 0 Å². The first kappa shape index (κ1) is 13.9. The van der Waals surface area contributed by atoms with Crippen LogP contribution in [0.4, 0.5) is 0 Å². The zero-order valence-corrected chi connectivity index (χ0v) is 12.8. The number of hydrogen-bond acceptors (Lipinski definition) is 2. The first-order chi connectivity index (χ1) is 8.14. The Hall–Kier alpha value is -0.530. The molecule has 2 nitrogen and oxygen atoms in total. The first-order valence-corrected chi connectivity index (χ1v) is 7.35. The molecule has 0 heterocycles. The molecule has 2 aliphatic carbocycles. The van der Waals surface area contributed by atoms with Crippen LogP contribution in [0.15, 0.2) is 0 Å². The van der Waals surface area contributed by atoms with Crippen LogP contribution in [0.25, 0.3) is 0 Å². The van der Waals surface area contributed by atoms with Crippen molar-refractivity contribution >= 4 is 5.97 Å². The minimum Gasteiger partial charge on any atom is -0.462 e. The van der Waals surface area contributed by atoms with Crippen molar-refractivity contribution in [3.8, 4) is 0 Å². The topological polar surface area (TPSA) is 26.3 Å². The number of fused-ring (bicyclic) bond motifs is 2. The number of carbonyl (C=O) groups is 1. The van der Waals surface area contributed by atoms with E-state index in [0.717, 1.165) is 12.8 Å². The van der Waals surface area contributed by atoms with Crippen LogP contribution in [0.5, 0.6) is 0 Å². The fourth-order valence-corrected chi connectivity index (χ4v) is 3.77. The predicted molar refractivity (Wildman–Crippen MR) is 73.2 cm³/mol. The van der Waals surface area contributed by atoms with E-state index < -0.39 is 0 Å². The molecule has 0 amide bonds. The van der Waals surface area contributed by atoms with Gasteiger partial charge in [-0.1, -0.05) is 27.7 Å². The highest BCUT2D eigenvalue weighted by atomic mass is 16.5. The lowest BCUT2D eigenvalue weighted by atomic mass is 9.71. The van der Waals surface area contributed by atoms with Crippen molar-refractivity contribution in [1.29, 1.82) is 0 Å². The Labute approximate surface area is 111 Å². The van der Waals surface area contributed by atoms with Crippen molar-refractivity contribution in [3.05, 3.63) is 0 Å². The molecule has 0 aromatic heterocycles. The maximum Gasteiger partial charge on any atom is 0.311 e. The largest absolute Gasteiger partial charge is 0.462 e. The summed E-state index contributed by atoms with van der Waals surface area (Å²) in [5.74, 6) is 0.543. The van der Waals surface area contributed by atoms with Crippen LogP contribution in [-0.4, -0.2) is 12.1 Å². The van der Waals surface area contributed by atoms with Gasteiger partial charge < -0.3 is 4.74 Å². The summed E-state index contributed by atoms with van der Waals surface area (Å²) in [6.07, 6.45) is 4.54. The van der Waals surface area contributed by atoms with Crippen molar-refractivity contribution in [2.75, 3.05) is 0 Å². The van der Waals surface area contributed by atoms with Gasteiger partial charge in [0.05, 0.1) is 5.41 Å². The molecule has 0 spiro atoms. The molecule has 2 rings (SSSR count). The number of ether oxygens (including phenoxy) is 1. The quantitative estimate of drug-likeness (QED) is 0.704. The molecule has 18 heavy (non-hydrogen) atoms. The Kier molecular flexibility index (Phi) is 3.07. The summed E-state index contributed by atoms with van der Waals surface area (Å²) in [5.41, 5.74) is 0.333. The van der Waals surface area contributed by atoms with Gasteiger partial charge in [-0.25, -0.2) is 0 Å². The molecular formula is C16H28O2. The smallest absolute Gasteiger partial charge is 0.311 e. The lowest BCUT2D eigenvalue weighted by molar-refractivity contribution is -0.163. The average Bonchev–Trinajstić information content (AvgIpc) is 2.60. The highest BCUT2D eigenvalue weighted by molar-refractivity contribution is 5.76. The predicted octanol–water partition coefficient (Wildman–Crippen LogP) is 4.18. The fraction of sp³-hybridized carbons (Fsp3) is 0.938. The average molecular weight is 252 g/mol. The van der Waals surface area contributed by atoms with Gasteiger partial charge in [-0.15, -0.1) is 0 Å². The minimum absolute atomic E-state index is 0.0121. The Morgan fingerprint density at radius 3 is 2.33 bits per heavy atom. The monoisotopic (exact) mass is 252 g/mol. The number of rotatable bonds is 3. The van der Waals surface area contributed by atoms with Gasteiger partial charge in [-0.2, -0.15) is 0 Å². The summed E-state index contributed by atoms with van der Waals surface area (Å²) in [7, 11) is 0. The van der Waals surface area contributed by atoms with E-state index in [2.05, 4.69) is 20.8 Å². The number of carbonyl (C=O) groups excluding carboxylic acids is 1. The molecule has 2 aliphatic rings. The normalized spacial score (nSPS) is 37.9. The maximum atomic E-state index is 12.2. The Balaban J connectivity index is 2.09. The van der Waals surface area contributed by atoms with Crippen molar-refractivity contribution in [1.82, 2.24) is 0 Å². The van der Waals surface area contributed by atoms with E-state index in [9.17, 15) is 4.79 Å². The second-order valence-corrected chi connectivity index (χ2v) is 7.81. The standard InChI is InChI=1S/C16H28O2/c1-7-14(2,3)13(17)18-12-10-16(6)9-8-11(12)15(16,4)5/h11-12H,7-10H2,1-6H3/t11?,12?,16-/m0/s1. The highest BCUT2D eigenvalue weighted by Gasteiger charge is 2.62. The molecule has 0 aromatic carbocycles. The molecule has 2 saturated carbocycles. The van der Waals surface area contributed by atoms with Crippen LogP contribution in [0.1, 0.15) is 67.2 Å². The van der Waals surface area contributed by atoms with Crippen molar-refractivity contribution in [3.63, 3.8) is 0 Å². The third-order valence-corrected chi connectivity index (χ3v) is 6.29. The van der Waals surface area contributed by atoms with Crippen LogP contribution in [0.3, 0.4) is 0 Å². The Bertz CT molecular complexity index is 353. The molecule has 0 aromatic rings. The van der Waals surface area contributed by atoms with Crippen molar-refractivity contribution in [2.45, 2.75) is 73.3 Å². The zero-order chi connectivity index (χ0) is 13.8. The van der Waals surface area contributed by atoms with Gasteiger partial charge in [0.1, 0.15) is 6.10 Å². The third kappa shape index (κ3) is 1.80. The van der Waals surface area contributed by atoms with Crippen LogP contribution >= 0.6 is 0 Å². The van der Waals surface area contributed by atoms with E-state index in [1.807, 2.05) is 20.8 Å². The van der Waals surface area contributed by atoms with E-state index >= 15 is 0 Å². The van der Waals surface area contributed by atoms with Gasteiger partial charge in [-0.3, -0.25) is 4.79 Å².